The first-order valence-electron chi connectivity index (χ1n) is 9.23. The number of hydrogen-bond acceptors (Lipinski definition) is 3. The third kappa shape index (κ3) is 4.49. The van der Waals surface area contributed by atoms with Gasteiger partial charge < -0.3 is 15.0 Å². The van der Waals surface area contributed by atoms with E-state index in [1.54, 1.807) is 7.11 Å². The molecule has 1 aliphatic rings. The van der Waals surface area contributed by atoms with E-state index < -0.39 is 0 Å². The molecule has 0 spiro atoms. The van der Waals surface area contributed by atoms with Crippen molar-refractivity contribution < 1.29 is 9.53 Å². The lowest BCUT2D eigenvalue weighted by Crippen LogP contribution is -2.39. The van der Waals surface area contributed by atoms with E-state index in [9.17, 15) is 4.79 Å². The van der Waals surface area contributed by atoms with Crippen molar-refractivity contribution in [1.29, 1.82) is 0 Å². The quantitative estimate of drug-likeness (QED) is 0.789. The molecular formula is C21H29ClN2O2. The van der Waals surface area contributed by atoms with Gasteiger partial charge in [-0.2, -0.15) is 0 Å². The Morgan fingerprint density at radius 2 is 1.92 bits per heavy atom. The van der Waals surface area contributed by atoms with Crippen LogP contribution in [-0.2, 0) is 11.3 Å². The molecule has 0 heterocycles. The maximum Gasteiger partial charge on any atom is 0.224 e. The molecule has 0 unspecified atom stereocenters. The lowest BCUT2D eigenvalue weighted by molar-refractivity contribution is -0.134. The van der Waals surface area contributed by atoms with Crippen LogP contribution in [0.3, 0.4) is 0 Å². The van der Waals surface area contributed by atoms with Crippen LogP contribution in [0, 0.1) is 0 Å². The van der Waals surface area contributed by atoms with Gasteiger partial charge in [-0.05, 0) is 36.7 Å². The number of amides is 1. The number of nitrogens with one attached hydrogen (secondary N) is 1. The number of benzene rings is 2. The van der Waals surface area contributed by atoms with Gasteiger partial charge in [0, 0.05) is 24.6 Å². The Morgan fingerprint density at radius 3 is 2.62 bits per heavy atom. The van der Waals surface area contributed by atoms with Gasteiger partial charge in [0.05, 0.1) is 13.7 Å². The first-order chi connectivity index (χ1) is 12.2. The second-order valence-electron chi connectivity index (χ2n) is 6.78. The molecule has 0 atom stereocenters. The third-order valence-corrected chi connectivity index (χ3v) is 5.22. The first-order valence-corrected chi connectivity index (χ1v) is 9.23. The van der Waals surface area contributed by atoms with Crippen LogP contribution in [0.1, 0.15) is 37.7 Å². The molecule has 3 rings (SSSR count). The first kappa shape index (κ1) is 20.5. The third-order valence-electron chi connectivity index (χ3n) is 5.22. The topological polar surface area (TPSA) is 41.6 Å². The SMILES string of the molecule is CNCCC(=O)N(Cc1c(OC)ccc2ccccc12)C1CCCC1.Cl. The van der Waals surface area contributed by atoms with E-state index >= 15 is 0 Å². The van der Waals surface area contributed by atoms with Gasteiger partial charge in [-0.25, -0.2) is 0 Å². The standard InChI is InChI=1S/C21H28N2O2.ClH/c1-22-14-13-21(24)23(17-8-4-5-9-17)15-19-18-10-6-3-7-16(18)11-12-20(19)25-2;/h3,6-7,10-12,17,22H,4-5,8-9,13-15H2,1-2H3;1H. The number of rotatable bonds is 7. The minimum Gasteiger partial charge on any atom is -0.496 e. The predicted octanol–water partition coefficient (Wildman–Crippen LogP) is 4.15. The summed E-state index contributed by atoms with van der Waals surface area (Å²) in [5.41, 5.74) is 1.12. The van der Waals surface area contributed by atoms with E-state index in [-0.39, 0.29) is 18.3 Å². The van der Waals surface area contributed by atoms with Crippen molar-refractivity contribution in [2.45, 2.75) is 44.7 Å². The Bertz CT molecular complexity index is 729. The summed E-state index contributed by atoms with van der Waals surface area (Å²) in [6.45, 7) is 1.34. The molecule has 1 saturated carbocycles. The highest BCUT2D eigenvalue weighted by atomic mass is 35.5. The Labute approximate surface area is 162 Å². The van der Waals surface area contributed by atoms with Crippen molar-refractivity contribution in [3.8, 4) is 5.75 Å². The molecule has 1 amide bonds. The number of fused-ring (bicyclic) bond motifs is 1. The highest BCUT2D eigenvalue weighted by Gasteiger charge is 2.27. The lowest BCUT2D eigenvalue weighted by atomic mass is 10.0. The fourth-order valence-electron chi connectivity index (χ4n) is 3.85. The summed E-state index contributed by atoms with van der Waals surface area (Å²) in [5, 5.41) is 5.45. The van der Waals surface area contributed by atoms with Gasteiger partial charge in [0.25, 0.3) is 0 Å². The second-order valence-corrected chi connectivity index (χ2v) is 6.78. The minimum absolute atomic E-state index is 0. The lowest BCUT2D eigenvalue weighted by Gasteiger charge is -2.30. The van der Waals surface area contributed by atoms with E-state index in [2.05, 4.69) is 28.4 Å². The summed E-state index contributed by atoms with van der Waals surface area (Å²) >= 11 is 0. The molecular weight excluding hydrogens is 348 g/mol. The smallest absolute Gasteiger partial charge is 0.224 e. The molecule has 0 radical (unpaired) electrons. The van der Waals surface area contributed by atoms with Crippen molar-refractivity contribution in [3.63, 3.8) is 0 Å². The molecule has 1 fully saturated rings. The van der Waals surface area contributed by atoms with Gasteiger partial charge >= 0.3 is 0 Å². The van der Waals surface area contributed by atoms with Crippen LogP contribution >= 0.6 is 12.4 Å². The Balaban J connectivity index is 0.00000243. The normalized spacial score (nSPS) is 14.2. The molecule has 0 aliphatic heterocycles. The summed E-state index contributed by atoms with van der Waals surface area (Å²) in [6.07, 6.45) is 5.19. The number of methoxy groups -OCH3 is 1. The number of hydrogen-bond donors (Lipinski definition) is 1. The predicted molar refractivity (Wildman–Crippen MR) is 109 cm³/mol. The highest BCUT2D eigenvalue weighted by Crippen LogP contribution is 2.32. The molecule has 0 bridgehead atoms. The second kappa shape index (κ2) is 9.79. The number of carbonyl (C=O) groups is 1. The molecule has 4 nitrogen and oxygen atoms in total. The van der Waals surface area contributed by atoms with Crippen LogP contribution in [-0.4, -0.2) is 37.6 Å². The molecule has 1 aliphatic carbocycles. The molecule has 0 aromatic heterocycles. The maximum absolute atomic E-state index is 12.9. The zero-order chi connectivity index (χ0) is 17.6. The molecule has 2 aromatic rings. The Hall–Kier alpha value is -1.78. The summed E-state index contributed by atoms with van der Waals surface area (Å²) in [7, 11) is 3.59. The number of halogens is 1. The molecule has 2 aromatic carbocycles. The highest BCUT2D eigenvalue weighted by molar-refractivity contribution is 5.88. The fraction of sp³-hybridized carbons (Fsp3) is 0.476. The van der Waals surface area contributed by atoms with Crippen molar-refractivity contribution in [3.05, 3.63) is 42.0 Å². The van der Waals surface area contributed by atoms with Gasteiger partial charge in [-0.1, -0.05) is 43.2 Å². The number of carbonyl (C=O) groups excluding carboxylic acids is 1. The monoisotopic (exact) mass is 376 g/mol. The fourth-order valence-corrected chi connectivity index (χ4v) is 3.85. The van der Waals surface area contributed by atoms with Crippen LogP contribution < -0.4 is 10.1 Å². The zero-order valence-corrected chi connectivity index (χ0v) is 16.5. The number of nitrogens with zero attached hydrogens (tertiary/aromatic N) is 1. The van der Waals surface area contributed by atoms with Crippen molar-refractivity contribution in [2.75, 3.05) is 20.7 Å². The Morgan fingerprint density at radius 1 is 1.19 bits per heavy atom. The minimum atomic E-state index is 0. The van der Waals surface area contributed by atoms with Crippen molar-refractivity contribution in [1.82, 2.24) is 10.2 Å². The molecule has 5 heteroatoms. The summed E-state index contributed by atoms with van der Waals surface area (Å²) in [4.78, 5) is 15.0. The summed E-state index contributed by atoms with van der Waals surface area (Å²) in [5.74, 6) is 1.10. The molecule has 26 heavy (non-hydrogen) atoms. The van der Waals surface area contributed by atoms with Gasteiger partial charge in [-0.3, -0.25) is 4.79 Å². The molecule has 142 valence electrons. The Kier molecular flexibility index (Phi) is 7.73. The molecule has 0 saturated heterocycles. The van der Waals surface area contributed by atoms with E-state index in [0.717, 1.165) is 24.2 Å². The van der Waals surface area contributed by atoms with Crippen LogP contribution in [0.25, 0.3) is 10.8 Å². The van der Waals surface area contributed by atoms with Crippen molar-refractivity contribution in [2.24, 2.45) is 0 Å². The molecule has 1 N–H and O–H groups in total. The van der Waals surface area contributed by atoms with Crippen molar-refractivity contribution >= 4 is 29.1 Å². The number of ether oxygens (including phenoxy) is 1. The van der Waals surface area contributed by atoms with Crippen LogP contribution in [0.15, 0.2) is 36.4 Å². The van der Waals surface area contributed by atoms with E-state index in [1.165, 1.54) is 23.6 Å². The average Bonchev–Trinajstić information content (AvgIpc) is 3.18. The average molecular weight is 377 g/mol. The van der Waals surface area contributed by atoms with Crippen LogP contribution in [0.4, 0.5) is 0 Å². The zero-order valence-electron chi connectivity index (χ0n) is 15.7. The summed E-state index contributed by atoms with van der Waals surface area (Å²) < 4.78 is 5.63. The van der Waals surface area contributed by atoms with E-state index in [4.69, 9.17) is 4.74 Å². The summed E-state index contributed by atoms with van der Waals surface area (Å²) in [6, 6.07) is 12.8. The van der Waals surface area contributed by atoms with Crippen LogP contribution in [0.2, 0.25) is 0 Å². The van der Waals surface area contributed by atoms with Gasteiger partial charge in [0.1, 0.15) is 5.75 Å². The van der Waals surface area contributed by atoms with Gasteiger partial charge in [0.15, 0.2) is 0 Å². The van der Waals surface area contributed by atoms with Crippen LogP contribution in [0.5, 0.6) is 5.75 Å². The largest absolute Gasteiger partial charge is 0.496 e. The van der Waals surface area contributed by atoms with E-state index in [0.29, 0.717) is 25.6 Å². The van der Waals surface area contributed by atoms with Gasteiger partial charge in [0.2, 0.25) is 5.91 Å². The van der Waals surface area contributed by atoms with E-state index in [1.807, 2.05) is 25.2 Å². The van der Waals surface area contributed by atoms with Gasteiger partial charge in [-0.15, -0.1) is 12.4 Å². The maximum atomic E-state index is 12.9.